The van der Waals surface area contributed by atoms with E-state index in [1.165, 1.54) is 27.2 Å². The first-order valence-corrected chi connectivity index (χ1v) is 23.0. The van der Waals surface area contributed by atoms with E-state index in [0.717, 1.165) is 77.9 Å². The molecule has 0 saturated heterocycles. The fourth-order valence-corrected chi connectivity index (χ4v) is 9.96. The van der Waals surface area contributed by atoms with Crippen LogP contribution in [-0.4, -0.2) is 24.1 Å². The van der Waals surface area contributed by atoms with E-state index in [9.17, 15) is 0 Å². The third-order valence-electron chi connectivity index (χ3n) is 13.2. The van der Waals surface area contributed by atoms with Gasteiger partial charge in [0.15, 0.2) is 17.5 Å². The van der Waals surface area contributed by atoms with E-state index in [2.05, 4.69) is 234 Å². The van der Waals surface area contributed by atoms with Gasteiger partial charge in [-0.05, 0) is 81.9 Å². The van der Waals surface area contributed by atoms with Crippen molar-refractivity contribution in [1.82, 2.24) is 24.1 Å². The van der Waals surface area contributed by atoms with Crippen LogP contribution in [0.4, 0.5) is 0 Å². The van der Waals surface area contributed by atoms with Crippen LogP contribution in [0.3, 0.4) is 0 Å². The van der Waals surface area contributed by atoms with Crippen LogP contribution in [0.5, 0.6) is 0 Å². The largest absolute Gasteiger partial charge is 0.309 e. The minimum atomic E-state index is 0.594. The summed E-state index contributed by atoms with van der Waals surface area (Å²) in [6, 6.07) is 88.3. The van der Waals surface area contributed by atoms with Gasteiger partial charge in [0.05, 0.1) is 27.8 Å². The fraction of sp³-hybridized carbons (Fsp3) is 0. The van der Waals surface area contributed by atoms with Gasteiger partial charge in [0.25, 0.3) is 0 Å². The molecule has 0 saturated carbocycles. The summed E-state index contributed by atoms with van der Waals surface area (Å²) in [5.74, 6) is 1.82. The highest BCUT2D eigenvalue weighted by Crippen LogP contribution is 2.42. The molecule has 0 aliphatic carbocycles. The first-order valence-electron chi connectivity index (χ1n) is 23.0. The maximum absolute atomic E-state index is 5.31. The monoisotopic (exact) mass is 867 g/mol. The van der Waals surface area contributed by atoms with E-state index >= 15 is 0 Å². The summed E-state index contributed by atoms with van der Waals surface area (Å²) in [7, 11) is 0. The minimum Gasteiger partial charge on any atom is -0.309 e. The van der Waals surface area contributed by atoms with Crippen molar-refractivity contribution in [2.45, 2.75) is 0 Å². The maximum Gasteiger partial charge on any atom is 0.164 e. The minimum absolute atomic E-state index is 0.594. The average Bonchev–Trinajstić information content (AvgIpc) is 3.94. The van der Waals surface area contributed by atoms with E-state index < -0.39 is 0 Å². The lowest BCUT2D eigenvalue weighted by Gasteiger charge is -2.15. The smallest absolute Gasteiger partial charge is 0.164 e. The molecule has 0 spiro atoms. The van der Waals surface area contributed by atoms with Crippen molar-refractivity contribution >= 4 is 43.6 Å². The van der Waals surface area contributed by atoms with Gasteiger partial charge in [0, 0.05) is 43.9 Å². The van der Waals surface area contributed by atoms with E-state index in [-0.39, 0.29) is 0 Å². The third-order valence-corrected chi connectivity index (χ3v) is 13.2. The van der Waals surface area contributed by atoms with E-state index in [0.29, 0.717) is 17.5 Å². The van der Waals surface area contributed by atoms with Crippen LogP contribution in [0.2, 0.25) is 0 Å². The third kappa shape index (κ3) is 6.76. The highest BCUT2D eigenvalue weighted by molar-refractivity contribution is 6.17. The van der Waals surface area contributed by atoms with Gasteiger partial charge < -0.3 is 9.13 Å². The number of aromatic nitrogens is 5. The summed E-state index contributed by atoms with van der Waals surface area (Å²) in [5, 5.41) is 4.80. The van der Waals surface area contributed by atoms with Crippen LogP contribution in [0.1, 0.15) is 0 Å². The molecule has 0 radical (unpaired) electrons. The Morgan fingerprint density at radius 3 is 1.26 bits per heavy atom. The Labute approximate surface area is 393 Å². The van der Waals surface area contributed by atoms with Crippen LogP contribution in [0.15, 0.2) is 249 Å². The Balaban J connectivity index is 1.08. The SMILES string of the molecule is c1ccc(-c2ccc(-c3nc(-c4ccccc4)nc(-c4cc(-c5ccccc5)cc(-n5c6cc(-c7ccccc7)ccc6c6c(-n7c8ccccc8c8ccccc87)cccc65)c4)n3)cc2)cc1. The molecule has 0 unspecified atom stereocenters. The number of benzene rings is 10. The molecule has 5 nitrogen and oxygen atoms in total. The van der Waals surface area contributed by atoms with E-state index in [1.54, 1.807) is 0 Å². The molecule has 5 heteroatoms. The molecule has 0 aliphatic heterocycles. The molecular formula is C63H41N5. The Bertz CT molecular complexity index is 3930. The van der Waals surface area contributed by atoms with Crippen LogP contribution >= 0.6 is 0 Å². The zero-order chi connectivity index (χ0) is 45.0. The second-order valence-electron chi connectivity index (χ2n) is 17.2. The van der Waals surface area contributed by atoms with Crippen LogP contribution in [0.25, 0.3) is 123 Å². The number of fused-ring (bicyclic) bond motifs is 6. The van der Waals surface area contributed by atoms with Crippen molar-refractivity contribution in [1.29, 1.82) is 0 Å². The summed E-state index contributed by atoms with van der Waals surface area (Å²) in [5.41, 5.74) is 16.2. The summed E-state index contributed by atoms with van der Waals surface area (Å²) in [6.45, 7) is 0. The average molecular weight is 868 g/mol. The molecular weight excluding hydrogens is 827 g/mol. The summed E-state index contributed by atoms with van der Waals surface area (Å²) in [4.78, 5) is 15.7. The molecule has 0 aliphatic rings. The van der Waals surface area contributed by atoms with Crippen molar-refractivity contribution in [2.24, 2.45) is 0 Å². The molecule has 3 aromatic heterocycles. The number of nitrogens with zero attached hydrogens (tertiary/aromatic N) is 5. The van der Waals surface area contributed by atoms with Crippen molar-refractivity contribution < 1.29 is 0 Å². The van der Waals surface area contributed by atoms with Gasteiger partial charge in [0.2, 0.25) is 0 Å². The number of rotatable bonds is 8. The van der Waals surface area contributed by atoms with E-state index in [4.69, 9.17) is 15.0 Å². The number of para-hydroxylation sites is 2. The molecule has 0 bridgehead atoms. The second kappa shape index (κ2) is 16.4. The van der Waals surface area contributed by atoms with E-state index in [1.807, 2.05) is 24.3 Å². The zero-order valence-electron chi connectivity index (χ0n) is 36.9. The Morgan fingerprint density at radius 2 is 0.662 bits per heavy atom. The summed E-state index contributed by atoms with van der Waals surface area (Å²) >= 11 is 0. The fourth-order valence-electron chi connectivity index (χ4n) is 9.96. The van der Waals surface area contributed by atoms with Crippen LogP contribution in [0, 0.1) is 0 Å². The van der Waals surface area contributed by atoms with Crippen molar-refractivity contribution in [3.63, 3.8) is 0 Å². The first-order chi connectivity index (χ1) is 33.7. The maximum atomic E-state index is 5.31. The van der Waals surface area contributed by atoms with Gasteiger partial charge in [-0.25, -0.2) is 15.0 Å². The predicted molar refractivity (Wildman–Crippen MR) is 281 cm³/mol. The van der Waals surface area contributed by atoms with Gasteiger partial charge in [-0.1, -0.05) is 200 Å². The van der Waals surface area contributed by atoms with Gasteiger partial charge in [0.1, 0.15) is 0 Å². The highest BCUT2D eigenvalue weighted by Gasteiger charge is 2.22. The Morgan fingerprint density at radius 1 is 0.235 bits per heavy atom. The Kier molecular flexibility index (Phi) is 9.43. The lowest BCUT2D eigenvalue weighted by atomic mass is 10.0. The van der Waals surface area contributed by atoms with Gasteiger partial charge in [-0.2, -0.15) is 0 Å². The molecule has 3 heterocycles. The van der Waals surface area contributed by atoms with Crippen molar-refractivity contribution in [2.75, 3.05) is 0 Å². The Hall–Kier alpha value is -9.19. The van der Waals surface area contributed by atoms with Gasteiger partial charge >= 0.3 is 0 Å². The predicted octanol–water partition coefficient (Wildman–Crippen LogP) is 16.1. The summed E-state index contributed by atoms with van der Waals surface area (Å²) < 4.78 is 4.88. The second-order valence-corrected chi connectivity index (χ2v) is 17.2. The molecule has 13 aromatic rings. The lowest BCUT2D eigenvalue weighted by molar-refractivity contribution is 1.07. The highest BCUT2D eigenvalue weighted by atomic mass is 15.0. The standard InChI is InChI=1S/C63H41N5/c1-5-18-42(19-6-1)45-32-34-47(35-33-45)62-64-61(46-24-11-4-12-25-46)65-63(66-62)50-38-49(44-22-9-3-10-23-44)39-51(40-50)67-57-30-17-31-58(68-55-28-15-13-26-52(55)53-27-14-16-29-56(53)68)60(57)54-37-36-48(41-59(54)67)43-20-7-2-8-21-43/h1-41H. The molecule has 13 rings (SSSR count). The van der Waals surface area contributed by atoms with Gasteiger partial charge in [-0.15, -0.1) is 0 Å². The molecule has 10 aromatic carbocycles. The summed E-state index contributed by atoms with van der Waals surface area (Å²) in [6.07, 6.45) is 0. The van der Waals surface area contributed by atoms with Gasteiger partial charge in [-0.3, -0.25) is 0 Å². The molecule has 68 heavy (non-hydrogen) atoms. The lowest BCUT2D eigenvalue weighted by Crippen LogP contribution is -2.02. The topological polar surface area (TPSA) is 48.5 Å². The molecule has 0 N–H and O–H groups in total. The molecule has 0 amide bonds. The number of hydrogen-bond acceptors (Lipinski definition) is 3. The number of hydrogen-bond donors (Lipinski definition) is 0. The molecule has 0 atom stereocenters. The quantitative estimate of drug-likeness (QED) is 0.153. The van der Waals surface area contributed by atoms with Crippen LogP contribution < -0.4 is 0 Å². The van der Waals surface area contributed by atoms with Crippen molar-refractivity contribution in [3.05, 3.63) is 249 Å². The zero-order valence-corrected chi connectivity index (χ0v) is 36.9. The first kappa shape index (κ1) is 39.2. The molecule has 0 fully saturated rings. The molecule has 318 valence electrons. The normalized spacial score (nSPS) is 11.5. The van der Waals surface area contributed by atoms with Crippen molar-refractivity contribution in [3.8, 4) is 78.9 Å². The van der Waals surface area contributed by atoms with Crippen LogP contribution in [-0.2, 0) is 0 Å².